The molecule has 0 radical (unpaired) electrons. The molecule has 2 aromatic rings. The molecule has 10 heteroatoms. The highest BCUT2D eigenvalue weighted by atomic mass is 35.5. The number of rotatable bonds is 11. The number of nitrogens with zero attached hydrogens (tertiary/aromatic N) is 3. The summed E-state index contributed by atoms with van der Waals surface area (Å²) in [5.74, 6) is -0.0724. The van der Waals surface area contributed by atoms with Gasteiger partial charge in [-0.25, -0.2) is 19.2 Å². The van der Waals surface area contributed by atoms with Crippen LogP contribution in [0.2, 0.25) is 5.02 Å². The Morgan fingerprint density at radius 3 is 2.85 bits per heavy atom. The Labute approximate surface area is 205 Å². The molecule has 3 rings (SSSR count). The monoisotopic (exact) mass is 492 g/mol. The summed E-state index contributed by atoms with van der Waals surface area (Å²) in [5, 5.41) is 15.4. The first-order chi connectivity index (χ1) is 16.4. The third-order valence-electron chi connectivity index (χ3n) is 5.97. The van der Waals surface area contributed by atoms with Gasteiger partial charge in [-0.15, -0.1) is 0 Å². The van der Waals surface area contributed by atoms with E-state index in [9.17, 15) is 14.3 Å². The molecule has 2 heterocycles. The summed E-state index contributed by atoms with van der Waals surface area (Å²) in [6.45, 7) is 3.36. The van der Waals surface area contributed by atoms with Crippen LogP contribution in [-0.4, -0.2) is 51.7 Å². The van der Waals surface area contributed by atoms with Crippen molar-refractivity contribution in [3.8, 4) is 0 Å². The molecule has 0 saturated heterocycles. The summed E-state index contributed by atoms with van der Waals surface area (Å²) >= 11 is 5.86. The third-order valence-corrected chi connectivity index (χ3v) is 6.28. The highest BCUT2D eigenvalue weighted by molar-refractivity contribution is 6.30. The predicted octanol–water partition coefficient (Wildman–Crippen LogP) is 3.78. The molecule has 0 bridgehead atoms. The third kappa shape index (κ3) is 7.25. The Balaban J connectivity index is 1.68. The zero-order valence-corrected chi connectivity index (χ0v) is 20.3. The van der Waals surface area contributed by atoms with Gasteiger partial charge in [0.25, 0.3) is 0 Å². The van der Waals surface area contributed by atoms with Gasteiger partial charge in [0.2, 0.25) is 5.95 Å². The molecule has 0 spiro atoms. The van der Waals surface area contributed by atoms with E-state index in [0.717, 1.165) is 36.9 Å². The van der Waals surface area contributed by atoms with Gasteiger partial charge in [0.1, 0.15) is 5.82 Å². The lowest BCUT2D eigenvalue weighted by atomic mass is 9.99. The van der Waals surface area contributed by atoms with E-state index in [2.05, 4.69) is 20.6 Å². The Morgan fingerprint density at radius 2 is 2.12 bits per heavy atom. The Hall–Kier alpha value is -2.49. The highest BCUT2D eigenvalue weighted by Gasteiger charge is 2.25. The number of urea groups is 1. The van der Waals surface area contributed by atoms with Crippen molar-refractivity contribution in [1.82, 2.24) is 20.2 Å². The molecule has 1 aliphatic heterocycles. The average molecular weight is 493 g/mol. The second kappa shape index (κ2) is 12.8. The van der Waals surface area contributed by atoms with Crippen LogP contribution >= 0.6 is 11.6 Å². The number of nitrogens with one attached hydrogen (secondary N) is 2. The smallest absolute Gasteiger partial charge is 0.318 e. The van der Waals surface area contributed by atoms with E-state index in [1.54, 1.807) is 17.2 Å². The summed E-state index contributed by atoms with van der Waals surface area (Å²) in [5.41, 5.74) is 8.05. The maximum atomic E-state index is 14.1. The molecule has 0 saturated carbocycles. The van der Waals surface area contributed by atoms with Gasteiger partial charge in [0.05, 0.1) is 29.9 Å². The topological polar surface area (TPSA) is 116 Å². The maximum Gasteiger partial charge on any atom is 0.318 e. The van der Waals surface area contributed by atoms with Crippen LogP contribution in [0.15, 0.2) is 24.4 Å². The molecular weight excluding hydrogens is 459 g/mol. The lowest BCUT2D eigenvalue weighted by molar-refractivity contribution is 0.186. The van der Waals surface area contributed by atoms with E-state index >= 15 is 0 Å². The van der Waals surface area contributed by atoms with Crippen molar-refractivity contribution in [1.29, 1.82) is 0 Å². The lowest BCUT2D eigenvalue weighted by Crippen LogP contribution is -2.44. The first kappa shape index (κ1) is 26.1. The number of aromatic nitrogens is 2. The van der Waals surface area contributed by atoms with Gasteiger partial charge in [-0.3, -0.25) is 0 Å². The number of benzene rings is 1. The molecule has 1 aromatic carbocycles. The number of halogens is 2. The first-order valence-electron chi connectivity index (χ1n) is 11.8. The zero-order chi connectivity index (χ0) is 24.5. The van der Waals surface area contributed by atoms with Gasteiger partial charge < -0.3 is 26.4 Å². The summed E-state index contributed by atoms with van der Waals surface area (Å²) in [6, 6.07) is 3.96. The first-order valence-corrected chi connectivity index (χ1v) is 12.2. The fourth-order valence-electron chi connectivity index (χ4n) is 3.95. The van der Waals surface area contributed by atoms with E-state index in [-0.39, 0.29) is 29.7 Å². The second-order valence-corrected chi connectivity index (χ2v) is 9.14. The molecule has 34 heavy (non-hydrogen) atoms. The zero-order valence-electron chi connectivity index (χ0n) is 19.6. The largest absolute Gasteiger partial charge is 0.394 e. The number of hydrogen-bond acceptors (Lipinski definition) is 6. The van der Waals surface area contributed by atoms with E-state index in [4.69, 9.17) is 17.3 Å². The van der Waals surface area contributed by atoms with Crippen molar-refractivity contribution in [3.05, 3.63) is 52.1 Å². The van der Waals surface area contributed by atoms with Gasteiger partial charge >= 0.3 is 6.03 Å². The highest BCUT2D eigenvalue weighted by Crippen LogP contribution is 2.26. The number of anilines is 1. The van der Waals surface area contributed by atoms with Gasteiger partial charge in [0.15, 0.2) is 0 Å². The normalized spacial score (nSPS) is 14.9. The number of amides is 2. The molecule has 186 valence electrons. The van der Waals surface area contributed by atoms with E-state index in [1.165, 1.54) is 12.1 Å². The quantitative estimate of drug-likeness (QED) is 0.355. The van der Waals surface area contributed by atoms with Crippen LogP contribution in [0.4, 0.5) is 15.1 Å². The summed E-state index contributed by atoms with van der Waals surface area (Å²) in [4.78, 5) is 23.7. The van der Waals surface area contributed by atoms with Gasteiger partial charge in [-0.05, 0) is 56.0 Å². The molecule has 8 nitrogen and oxygen atoms in total. The maximum absolute atomic E-state index is 14.1. The molecule has 1 aliphatic rings. The minimum absolute atomic E-state index is 0.0339. The van der Waals surface area contributed by atoms with Crippen LogP contribution in [0.5, 0.6) is 0 Å². The SMILES string of the molecule is CC(CO)Nc1ncc2c(n1)CN(C(=O)NC(CCCCCCN)c1ccc(Cl)c(F)c1)CC2. The van der Waals surface area contributed by atoms with Gasteiger partial charge in [0, 0.05) is 18.8 Å². The number of carbonyl (C=O) groups excluding carboxylic acids is 1. The van der Waals surface area contributed by atoms with Crippen LogP contribution in [0, 0.1) is 5.82 Å². The minimum atomic E-state index is -0.498. The summed E-state index contributed by atoms with van der Waals surface area (Å²) in [7, 11) is 0. The predicted molar refractivity (Wildman–Crippen MR) is 131 cm³/mol. The van der Waals surface area contributed by atoms with Crippen LogP contribution in [-0.2, 0) is 13.0 Å². The van der Waals surface area contributed by atoms with Crippen LogP contribution < -0.4 is 16.4 Å². The summed E-state index contributed by atoms with van der Waals surface area (Å²) in [6.07, 6.45) is 6.99. The Kier molecular flexibility index (Phi) is 9.86. The van der Waals surface area contributed by atoms with Crippen LogP contribution in [0.3, 0.4) is 0 Å². The van der Waals surface area contributed by atoms with E-state index in [1.807, 2.05) is 6.92 Å². The lowest BCUT2D eigenvalue weighted by Gasteiger charge is -2.30. The second-order valence-electron chi connectivity index (χ2n) is 8.73. The standard InChI is InChI=1S/C24H34ClFN6O2/c1-16(15-33)29-23-28-13-18-9-11-32(14-22(18)30-23)24(34)31-21(6-4-2-3-5-10-27)17-7-8-19(25)20(26)12-17/h7-8,12-13,16,21,33H,2-6,9-11,14-15,27H2,1H3,(H,31,34)(H,28,29,30). The fourth-order valence-corrected chi connectivity index (χ4v) is 4.07. The number of aliphatic hydroxyl groups is 1. The number of nitrogens with two attached hydrogens (primary N) is 1. The van der Waals surface area contributed by atoms with Gasteiger partial charge in [-0.1, -0.05) is 36.9 Å². The number of carbonyl (C=O) groups is 1. The Bertz CT molecular complexity index is 963. The molecule has 0 aliphatic carbocycles. The molecule has 2 atom stereocenters. The number of aliphatic hydroxyl groups excluding tert-OH is 1. The molecule has 2 unspecified atom stereocenters. The van der Waals surface area contributed by atoms with Crippen molar-refractivity contribution in [3.63, 3.8) is 0 Å². The van der Waals surface area contributed by atoms with E-state index < -0.39 is 5.82 Å². The molecular formula is C24H34ClFN6O2. The molecule has 0 fully saturated rings. The minimum Gasteiger partial charge on any atom is -0.394 e. The van der Waals surface area contributed by atoms with E-state index in [0.29, 0.717) is 44.0 Å². The van der Waals surface area contributed by atoms with Crippen molar-refractivity contribution in [2.75, 3.05) is 25.0 Å². The number of unbranched alkanes of at least 4 members (excludes halogenated alkanes) is 3. The molecule has 2 amide bonds. The number of fused-ring (bicyclic) bond motifs is 1. The van der Waals surface area contributed by atoms with Crippen molar-refractivity contribution in [2.24, 2.45) is 5.73 Å². The summed E-state index contributed by atoms with van der Waals surface area (Å²) < 4.78 is 14.1. The average Bonchev–Trinajstić information content (AvgIpc) is 2.84. The van der Waals surface area contributed by atoms with Gasteiger partial charge in [-0.2, -0.15) is 0 Å². The van der Waals surface area contributed by atoms with Crippen LogP contribution in [0.25, 0.3) is 0 Å². The van der Waals surface area contributed by atoms with Crippen molar-refractivity contribution >= 4 is 23.6 Å². The van der Waals surface area contributed by atoms with Crippen LogP contribution in [0.1, 0.15) is 61.9 Å². The molecule has 5 N–H and O–H groups in total. The fraction of sp³-hybridized carbons (Fsp3) is 0.542. The molecule has 1 aromatic heterocycles. The number of hydrogen-bond donors (Lipinski definition) is 4. The van der Waals surface area contributed by atoms with Crippen molar-refractivity contribution in [2.45, 2.75) is 64.1 Å². The van der Waals surface area contributed by atoms with Crippen molar-refractivity contribution < 1.29 is 14.3 Å². The Morgan fingerprint density at radius 1 is 1.32 bits per heavy atom.